The second-order valence-electron chi connectivity index (χ2n) is 6.84. The van der Waals surface area contributed by atoms with E-state index in [1.807, 2.05) is 38.1 Å². The number of aromatic nitrogens is 1. The van der Waals surface area contributed by atoms with E-state index < -0.39 is 5.54 Å². The molecule has 0 saturated heterocycles. The highest BCUT2D eigenvalue weighted by molar-refractivity contribution is 7.99. The molecule has 0 saturated carbocycles. The lowest BCUT2D eigenvalue weighted by Crippen LogP contribution is -2.56. The summed E-state index contributed by atoms with van der Waals surface area (Å²) in [6, 6.07) is 7.39. The summed E-state index contributed by atoms with van der Waals surface area (Å²) < 4.78 is 5.77. The molecule has 0 fully saturated rings. The van der Waals surface area contributed by atoms with E-state index in [1.165, 1.54) is 11.8 Å². The Hall–Kier alpha value is -1.50. The number of thioether (sulfide) groups is 1. The highest BCUT2D eigenvalue weighted by Crippen LogP contribution is 2.25. The topological polar surface area (TPSA) is 81.2 Å². The maximum atomic E-state index is 12.5. The van der Waals surface area contributed by atoms with E-state index >= 15 is 0 Å². The molecule has 0 aliphatic rings. The number of oxazole rings is 1. The largest absolute Gasteiger partial charge is 0.440 e. The molecule has 142 valence electrons. The third-order valence-corrected chi connectivity index (χ3v) is 6.00. The third-order valence-electron chi connectivity index (χ3n) is 4.62. The summed E-state index contributed by atoms with van der Waals surface area (Å²) in [6.45, 7) is 8.35. The first kappa shape index (κ1) is 20.8. The van der Waals surface area contributed by atoms with Gasteiger partial charge in [-0.25, -0.2) is 4.98 Å². The van der Waals surface area contributed by atoms with Gasteiger partial charge in [-0.1, -0.05) is 25.4 Å². The van der Waals surface area contributed by atoms with Crippen molar-refractivity contribution in [2.24, 2.45) is 11.7 Å². The van der Waals surface area contributed by atoms with Crippen LogP contribution in [-0.2, 0) is 10.5 Å². The van der Waals surface area contributed by atoms with Gasteiger partial charge in [-0.2, -0.15) is 0 Å². The zero-order chi connectivity index (χ0) is 19.3. The lowest BCUT2D eigenvalue weighted by molar-refractivity contribution is -0.122. The van der Waals surface area contributed by atoms with E-state index in [1.54, 1.807) is 6.20 Å². The molecule has 5 nitrogen and oxygen atoms in total. The molecule has 0 aliphatic heterocycles. The number of halogens is 1. The van der Waals surface area contributed by atoms with Crippen molar-refractivity contribution in [1.82, 2.24) is 10.3 Å². The number of carbonyl (C=O) groups is 1. The van der Waals surface area contributed by atoms with Crippen LogP contribution in [0.15, 0.2) is 34.9 Å². The zero-order valence-electron chi connectivity index (χ0n) is 15.6. The number of nitrogens with two attached hydrogens (primary N) is 1. The maximum Gasteiger partial charge on any atom is 0.233 e. The van der Waals surface area contributed by atoms with Gasteiger partial charge in [-0.3, -0.25) is 4.79 Å². The zero-order valence-corrected chi connectivity index (χ0v) is 17.2. The molecule has 0 spiro atoms. The van der Waals surface area contributed by atoms with Gasteiger partial charge in [0.1, 0.15) is 0 Å². The number of amides is 1. The van der Waals surface area contributed by atoms with Crippen LogP contribution in [0, 0.1) is 5.92 Å². The van der Waals surface area contributed by atoms with Gasteiger partial charge in [0.2, 0.25) is 11.8 Å². The van der Waals surface area contributed by atoms with Gasteiger partial charge < -0.3 is 15.5 Å². The Morgan fingerprint density at radius 2 is 2.00 bits per heavy atom. The fourth-order valence-corrected chi connectivity index (χ4v) is 3.07. The standard InChI is InChI=1S/C19H26ClN3O2S/c1-12(2)19(4,11-21)23-18(24)13(3)26-10-17-22-9-16(25-17)14-5-7-15(20)8-6-14/h5-9,12-13H,10-11,21H2,1-4H3,(H,23,24). The normalized spacial score (nSPS) is 14.9. The molecule has 1 amide bonds. The Labute approximate surface area is 164 Å². The average molecular weight is 396 g/mol. The van der Waals surface area contributed by atoms with Crippen molar-refractivity contribution >= 4 is 29.3 Å². The summed E-state index contributed by atoms with van der Waals surface area (Å²) in [6.07, 6.45) is 1.69. The predicted octanol–water partition coefficient (Wildman–Crippen LogP) is 4.11. The van der Waals surface area contributed by atoms with Crippen LogP contribution in [0.25, 0.3) is 11.3 Å². The van der Waals surface area contributed by atoms with Crippen LogP contribution in [0.2, 0.25) is 5.02 Å². The fraction of sp³-hybridized carbons (Fsp3) is 0.474. The number of rotatable bonds is 8. The van der Waals surface area contributed by atoms with Gasteiger partial charge in [0.15, 0.2) is 5.76 Å². The van der Waals surface area contributed by atoms with Crippen molar-refractivity contribution in [3.05, 3.63) is 41.4 Å². The van der Waals surface area contributed by atoms with Crippen molar-refractivity contribution < 1.29 is 9.21 Å². The van der Waals surface area contributed by atoms with Gasteiger partial charge >= 0.3 is 0 Å². The average Bonchev–Trinajstić information content (AvgIpc) is 3.08. The lowest BCUT2D eigenvalue weighted by atomic mass is 9.88. The molecule has 2 atom stereocenters. The summed E-state index contributed by atoms with van der Waals surface area (Å²) in [4.78, 5) is 16.7. The van der Waals surface area contributed by atoms with Gasteiger partial charge in [-0.15, -0.1) is 11.8 Å². The van der Waals surface area contributed by atoms with Gasteiger partial charge in [0.25, 0.3) is 0 Å². The van der Waals surface area contributed by atoms with E-state index in [0.717, 1.165) is 5.56 Å². The second kappa shape index (κ2) is 8.93. The molecule has 1 heterocycles. The number of nitrogens with zero attached hydrogens (tertiary/aromatic N) is 1. The van der Waals surface area contributed by atoms with Crippen molar-refractivity contribution in [2.45, 2.75) is 44.2 Å². The highest BCUT2D eigenvalue weighted by atomic mass is 35.5. The van der Waals surface area contributed by atoms with Crippen LogP contribution >= 0.6 is 23.4 Å². The summed E-state index contributed by atoms with van der Waals surface area (Å²) in [5.41, 5.74) is 6.34. The Balaban J connectivity index is 1.92. The van der Waals surface area contributed by atoms with Crippen LogP contribution < -0.4 is 11.1 Å². The van der Waals surface area contributed by atoms with Crippen LogP contribution in [0.4, 0.5) is 0 Å². The minimum atomic E-state index is -0.406. The number of benzene rings is 1. The summed E-state index contributed by atoms with van der Waals surface area (Å²) in [5.74, 6) is 2.02. The Morgan fingerprint density at radius 1 is 1.35 bits per heavy atom. The van der Waals surface area contributed by atoms with Crippen molar-refractivity contribution in [3.63, 3.8) is 0 Å². The molecule has 2 aromatic rings. The van der Waals surface area contributed by atoms with Crippen molar-refractivity contribution in [3.8, 4) is 11.3 Å². The summed E-state index contributed by atoms with van der Waals surface area (Å²) >= 11 is 7.38. The van der Waals surface area contributed by atoms with Crippen LogP contribution in [0.5, 0.6) is 0 Å². The molecule has 0 radical (unpaired) electrons. The number of nitrogens with one attached hydrogen (secondary N) is 1. The molecule has 1 aromatic carbocycles. The number of carbonyl (C=O) groups excluding carboxylic acids is 1. The molecule has 2 rings (SSSR count). The molecule has 3 N–H and O–H groups in total. The van der Waals surface area contributed by atoms with Crippen molar-refractivity contribution in [1.29, 1.82) is 0 Å². The third kappa shape index (κ3) is 5.25. The Morgan fingerprint density at radius 3 is 2.58 bits per heavy atom. The Kier molecular flexibility index (Phi) is 7.15. The van der Waals surface area contributed by atoms with E-state index in [9.17, 15) is 4.79 Å². The highest BCUT2D eigenvalue weighted by Gasteiger charge is 2.30. The fourth-order valence-electron chi connectivity index (χ4n) is 2.21. The van der Waals surface area contributed by atoms with Crippen molar-refractivity contribution in [2.75, 3.05) is 6.54 Å². The minimum absolute atomic E-state index is 0.0267. The van der Waals surface area contributed by atoms with E-state index in [0.29, 0.717) is 29.0 Å². The van der Waals surface area contributed by atoms with Crippen LogP contribution in [-0.4, -0.2) is 28.2 Å². The molecule has 1 aromatic heterocycles. The van der Waals surface area contributed by atoms with Gasteiger partial charge in [0.05, 0.1) is 22.7 Å². The summed E-state index contributed by atoms with van der Waals surface area (Å²) in [7, 11) is 0. The molecule has 2 unspecified atom stereocenters. The monoisotopic (exact) mass is 395 g/mol. The Bertz CT molecular complexity index is 733. The minimum Gasteiger partial charge on any atom is -0.440 e. The van der Waals surface area contributed by atoms with Crippen LogP contribution in [0.1, 0.15) is 33.6 Å². The number of hydrogen-bond donors (Lipinski definition) is 2. The molecular formula is C19H26ClN3O2S. The number of hydrogen-bond acceptors (Lipinski definition) is 5. The molecule has 26 heavy (non-hydrogen) atoms. The molecular weight excluding hydrogens is 370 g/mol. The summed E-state index contributed by atoms with van der Waals surface area (Å²) in [5, 5.41) is 3.51. The SMILES string of the molecule is CC(SCc1ncc(-c2ccc(Cl)cc2)o1)C(=O)NC(C)(CN)C(C)C. The first-order chi connectivity index (χ1) is 12.2. The second-order valence-corrected chi connectivity index (χ2v) is 8.61. The first-order valence-electron chi connectivity index (χ1n) is 8.59. The lowest BCUT2D eigenvalue weighted by Gasteiger charge is -2.34. The van der Waals surface area contributed by atoms with E-state index in [2.05, 4.69) is 24.1 Å². The van der Waals surface area contributed by atoms with E-state index in [-0.39, 0.29) is 17.1 Å². The molecule has 0 bridgehead atoms. The van der Waals surface area contributed by atoms with E-state index in [4.69, 9.17) is 21.8 Å². The maximum absolute atomic E-state index is 12.5. The van der Waals surface area contributed by atoms with Gasteiger partial charge in [0, 0.05) is 17.1 Å². The quantitative estimate of drug-likeness (QED) is 0.703. The van der Waals surface area contributed by atoms with Gasteiger partial charge in [-0.05, 0) is 44.0 Å². The van der Waals surface area contributed by atoms with Crippen LogP contribution in [0.3, 0.4) is 0 Å². The molecule has 7 heteroatoms. The molecule has 0 aliphatic carbocycles. The predicted molar refractivity (Wildman–Crippen MR) is 108 cm³/mol. The first-order valence-corrected chi connectivity index (χ1v) is 10.0. The smallest absolute Gasteiger partial charge is 0.233 e.